The fourth-order valence-electron chi connectivity index (χ4n) is 10.3. The number of nitrogens with zero attached hydrogens (tertiary/aromatic N) is 8. The maximum Gasteiger partial charge on any atom is 0.261 e. The van der Waals surface area contributed by atoms with Gasteiger partial charge in [0.2, 0.25) is 0 Å². The lowest BCUT2D eigenvalue weighted by molar-refractivity contribution is 0.00608. The molecule has 4 aromatic heterocycles. The lowest BCUT2D eigenvalue weighted by atomic mass is 9.83. The van der Waals surface area contributed by atoms with Gasteiger partial charge in [-0.2, -0.15) is 10.2 Å². The van der Waals surface area contributed by atoms with Crippen LogP contribution in [0.4, 0.5) is 22.7 Å². The van der Waals surface area contributed by atoms with E-state index in [9.17, 15) is 30.0 Å². The highest BCUT2D eigenvalue weighted by molar-refractivity contribution is 6.10. The number of hydrogen-bond acceptors (Lipinski definition) is 14. The van der Waals surface area contributed by atoms with Crippen molar-refractivity contribution in [3.8, 4) is 11.5 Å². The number of aliphatic hydroxyl groups is 4. The Morgan fingerprint density at radius 3 is 1.36 bits per heavy atom. The zero-order valence-corrected chi connectivity index (χ0v) is 41.4. The Kier molecular flexibility index (Phi) is 12.8. The van der Waals surface area contributed by atoms with Crippen molar-refractivity contribution in [1.29, 1.82) is 0 Å². The van der Waals surface area contributed by atoms with Crippen LogP contribution in [0.5, 0.6) is 11.5 Å². The summed E-state index contributed by atoms with van der Waals surface area (Å²) in [4.78, 5) is 39.9. The van der Waals surface area contributed by atoms with E-state index in [0.29, 0.717) is 46.6 Å². The second-order valence-electron chi connectivity index (χ2n) is 21.4. The molecule has 6 aromatic rings. The number of rotatable bonds is 10. The number of carbonyl (C=O) groups excluding carboxylic acids is 2. The second-order valence-corrected chi connectivity index (χ2v) is 21.4. The molecule has 2 saturated heterocycles. The van der Waals surface area contributed by atoms with Crippen molar-refractivity contribution in [3.63, 3.8) is 0 Å². The van der Waals surface area contributed by atoms with Gasteiger partial charge in [0, 0.05) is 87.1 Å². The Hall–Kier alpha value is -6.34. The van der Waals surface area contributed by atoms with Gasteiger partial charge in [0.1, 0.15) is 33.8 Å². The average Bonchev–Trinajstić information content (AvgIpc) is 4.10. The van der Waals surface area contributed by atoms with E-state index in [0.717, 1.165) is 97.0 Å². The van der Waals surface area contributed by atoms with Crippen molar-refractivity contribution >= 4 is 45.9 Å². The second kappa shape index (κ2) is 18.4. The first-order chi connectivity index (χ1) is 33.1. The Morgan fingerprint density at radius 2 is 1.01 bits per heavy atom. The molecule has 0 spiro atoms. The summed E-state index contributed by atoms with van der Waals surface area (Å²) in [7, 11) is 0. The summed E-state index contributed by atoms with van der Waals surface area (Å²) in [6, 6.07) is 7.84. The van der Waals surface area contributed by atoms with Crippen LogP contribution in [0, 0.1) is 25.7 Å². The van der Waals surface area contributed by atoms with Gasteiger partial charge in [0.15, 0.2) is 11.3 Å². The highest BCUT2D eigenvalue weighted by Crippen LogP contribution is 2.45. The van der Waals surface area contributed by atoms with Gasteiger partial charge in [0.05, 0.1) is 59.6 Å². The Bertz CT molecular complexity index is 2740. The number of aliphatic hydroxyl groups excluding tert-OH is 2. The fourth-order valence-corrected chi connectivity index (χ4v) is 10.3. The van der Waals surface area contributed by atoms with Crippen LogP contribution in [-0.2, 0) is 12.8 Å². The van der Waals surface area contributed by atoms with Crippen LogP contribution in [0.1, 0.15) is 110 Å². The number of fused-ring (bicyclic) bond motifs is 4. The standard InChI is InChI=1S/2C26H33N5O4/c2*1-16-12-27-23-19(13-28-31(23)14-16)24(33)29-20-9-17-11-26(4,15-32)35-22(17)10-21(20)30-7-5-18(6-8-30)25(2,3)34/h2*9-10,12-14,18,32,34H,5-8,11,15H2,1-4H3,(H,29,33)/t2*26-/m10/s1. The minimum Gasteiger partial charge on any atom is -0.484 e. The van der Waals surface area contributed by atoms with Crippen molar-refractivity contribution in [2.24, 2.45) is 11.8 Å². The Labute approximate surface area is 407 Å². The number of anilines is 4. The molecule has 70 heavy (non-hydrogen) atoms. The van der Waals surface area contributed by atoms with Crippen molar-refractivity contribution in [3.05, 3.63) is 94.8 Å². The number of carbonyl (C=O) groups is 2. The summed E-state index contributed by atoms with van der Waals surface area (Å²) >= 11 is 0. The molecule has 18 heteroatoms. The fraction of sp³-hybridized carbons (Fsp3) is 0.500. The van der Waals surface area contributed by atoms with Crippen LogP contribution in [-0.4, -0.2) is 123 Å². The third kappa shape index (κ3) is 9.86. The summed E-state index contributed by atoms with van der Waals surface area (Å²) < 4.78 is 15.4. The van der Waals surface area contributed by atoms with Gasteiger partial charge >= 0.3 is 0 Å². The molecule has 0 bridgehead atoms. The number of aromatic nitrogens is 6. The first-order valence-corrected chi connectivity index (χ1v) is 24.2. The monoisotopic (exact) mass is 959 g/mol. The summed E-state index contributed by atoms with van der Waals surface area (Å²) in [6.07, 6.45) is 14.7. The van der Waals surface area contributed by atoms with Crippen LogP contribution in [0.15, 0.2) is 61.4 Å². The highest BCUT2D eigenvalue weighted by Gasteiger charge is 2.39. The molecule has 6 N–H and O–H groups in total. The molecule has 0 radical (unpaired) electrons. The van der Waals surface area contributed by atoms with Gasteiger partial charge in [-0.3, -0.25) is 9.59 Å². The number of piperidine rings is 2. The minimum atomic E-state index is -0.720. The van der Waals surface area contributed by atoms with E-state index in [-0.39, 0.29) is 36.9 Å². The van der Waals surface area contributed by atoms with Crippen LogP contribution in [0.2, 0.25) is 0 Å². The maximum absolute atomic E-state index is 13.3. The van der Waals surface area contributed by atoms with Crippen LogP contribution >= 0.6 is 0 Å². The van der Waals surface area contributed by atoms with E-state index < -0.39 is 22.4 Å². The molecule has 0 aliphatic carbocycles. The molecular formula is C52H66N10O8. The molecule has 0 saturated carbocycles. The smallest absolute Gasteiger partial charge is 0.261 e. The summed E-state index contributed by atoms with van der Waals surface area (Å²) in [5.74, 6) is 1.32. The number of amides is 2. The normalized spacial score (nSPS) is 20.7. The summed E-state index contributed by atoms with van der Waals surface area (Å²) in [5.41, 5.74) is 5.90. The third-order valence-corrected chi connectivity index (χ3v) is 14.5. The lowest BCUT2D eigenvalue weighted by Crippen LogP contribution is -2.42. The van der Waals surface area contributed by atoms with E-state index in [4.69, 9.17) is 9.47 Å². The number of ether oxygens (including phenoxy) is 2. The van der Waals surface area contributed by atoms with Crippen LogP contribution < -0.4 is 29.9 Å². The number of nitrogens with one attached hydrogen (secondary N) is 2. The molecule has 372 valence electrons. The van der Waals surface area contributed by atoms with Crippen molar-refractivity contribution in [1.82, 2.24) is 29.2 Å². The van der Waals surface area contributed by atoms with Crippen LogP contribution in [0.25, 0.3) is 11.3 Å². The van der Waals surface area contributed by atoms with E-state index in [1.807, 2.05) is 92.0 Å². The zero-order valence-electron chi connectivity index (χ0n) is 41.4. The molecule has 0 unspecified atom stereocenters. The van der Waals surface area contributed by atoms with Crippen molar-refractivity contribution < 1.29 is 39.5 Å². The molecule has 8 heterocycles. The molecule has 4 aliphatic rings. The Morgan fingerprint density at radius 1 is 0.643 bits per heavy atom. The molecule has 18 nitrogen and oxygen atoms in total. The minimum absolute atomic E-state index is 0.0941. The molecule has 2 fully saturated rings. The van der Waals surface area contributed by atoms with Gasteiger partial charge in [0.25, 0.3) is 11.8 Å². The molecule has 4 aliphatic heterocycles. The largest absolute Gasteiger partial charge is 0.484 e. The van der Waals surface area contributed by atoms with E-state index in [1.54, 1.807) is 21.4 Å². The molecule has 2 amide bonds. The van der Waals surface area contributed by atoms with E-state index in [1.165, 1.54) is 12.4 Å². The van der Waals surface area contributed by atoms with Gasteiger partial charge in [-0.15, -0.1) is 0 Å². The topological polar surface area (TPSA) is 224 Å². The Balaban J connectivity index is 0.000000174. The van der Waals surface area contributed by atoms with Crippen molar-refractivity contribution in [2.75, 3.05) is 59.8 Å². The van der Waals surface area contributed by atoms with Gasteiger partial charge < -0.3 is 50.3 Å². The third-order valence-electron chi connectivity index (χ3n) is 14.5. The first kappa shape index (κ1) is 48.7. The maximum atomic E-state index is 13.3. The van der Waals surface area contributed by atoms with Gasteiger partial charge in [-0.25, -0.2) is 19.0 Å². The first-order valence-electron chi connectivity index (χ1n) is 24.2. The molecule has 10 rings (SSSR count). The number of benzene rings is 2. The molecule has 2 atom stereocenters. The average molecular weight is 959 g/mol. The van der Waals surface area contributed by atoms with Gasteiger partial charge in [-0.1, -0.05) is 0 Å². The predicted octanol–water partition coefficient (Wildman–Crippen LogP) is 5.93. The highest BCUT2D eigenvalue weighted by atomic mass is 16.5. The zero-order chi connectivity index (χ0) is 49.9. The van der Waals surface area contributed by atoms with Gasteiger partial charge in [-0.05, 0) is 116 Å². The molecule has 2 aromatic carbocycles. The molecular weight excluding hydrogens is 893 g/mol. The number of aryl methyl sites for hydroxylation is 2. The van der Waals surface area contributed by atoms with Crippen molar-refractivity contribution in [2.45, 2.75) is 116 Å². The predicted molar refractivity (Wildman–Crippen MR) is 266 cm³/mol. The quantitative estimate of drug-likeness (QED) is 0.0938. The lowest BCUT2D eigenvalue weighted by Gasteiger charge is -2.39. The number of hydrogen-bond donors (Lipinski definition) is 6. The SMILES string of the molecule is Cc1cnc2c(C(=O)Nc3cc4c(cc3N3CCC(C(C)(C)O)CC3)O[C@@](C)(CO)C4)cnn2c1.Cc1cnc2c(C(=O)Nc3cc4c(cc3N3CCC(C(C)(C)O)CC3)O[C@](C)(CO)C4)cnn2c1. The van der Waals surface area contributed by atoms with E-state index >= 15 is 0 Å². The van der Waals surface area contributed by atoms with Crippen LogP contribution in [0.3, 0.4) is 0 Å². The summed E-state index contributed by atoms with van der Waals surface area (Å²) in [6.45, 7) is 17.9. The van der Waals surface area contributed by atoms with E-state index in [2.05, 4.69) is 40.6 Å². The summed E-state index contributed by atoms with van der Waals surface area (Å²) in [5, 5.41) is 55.3.